The van der Waals surface area contributed by atoms with Crippen molar-refractivity contribution in [3.05, 3.63) is 77.0 Å². The Labute approximate surface area is 167 Å². The Balaban J connectivity index is 1.69. The van der Waals surface area contributed by atoms with Crippen molar-refractivity contribution in [1.82, 2.24) is 9.88 Å². The SMILES string of the molecule is COCCNC(=O)Cn1cc(C=C2C(=O)c3ccccc3C2=O)c2ccccc21. The summed E-state index contributed by atoms with van der Waals surface area (Å²) in [5, 5.41) is 3.67. The van der Waals surface area contributed by atoms with Gasteiger partial charge in [0.25, 0.3) is 0 Å². The first-order valence-corrected chi connectivity index (χ1v) is 9.34. The molecule has 1 N–H and O–H groups in total. The van der Waals surface area contributed by atoms with Crippen molar-refractivity contribution in [3.8, 4) is 0 Å². The highest BCUT2D eigenvalue weighted by atomic mass is 16.5. The lowest BCUT2D eigenvalue weighted by Crippen LogP contribution is -2.30. The van der Waals surface area contributed by atoms with Crippen molar-refractivity contribution >= 4 is 34.5 Å². The number of rotatable bonds is 6. The number of carbonyl (C=O) groups is 3. The number of nitrogens with one attached hydrogen (secondary N) is 1. The topological polar surface area (TPSA) is 77.4 Å². The maximum atomic E-state index is 12.7. The number of fused-ring (bicyclic) bond motifs is 2. The second-order valence-electron chi connectivity index (χ2n) is 6.83. The quantitative estimate of drug-likeness (QED) is 0.400. The van der Waals surface area contributed by atoms with Gasteiger partial charge in [-0.25, -0.2) is 0 Å². The standard InChI is InChI=1S/C23H20N2O4/c1-29-11-10-24-21(26)14-25-13-15(16-6-4-5-9-20(16)25)12-19-22(27)17-7-2-3-8-18(17)23(19)28/h2-9,12-13H,10-11,14H2,1H3,(H,24,26). The van der Waals surface area contributed by atoms with Gasteiger partial charge < -0.3 is 14.6 Å². The number of para-hydroxylation sites is 1. The zero-order valence-electron chi connectivity index (χ0n) is 16.0. The van der Waals surface area contributed by atoms with Crippen molar-refractivity contribution in [3.63, 3.8) is 0 Å². The second kappa shape index (κ2) is 7.85. The van der Waals surface area contributed by atoms with E-state index in [-0.39, 0.29) is 29.6 Å². The molecule has 29 heavy (non-hydrogen) atoms. The van der Waals surface area contributed by atoms with Crippen LogP contribution in [0.2, 0.25) is 0 Å². The summed E-state index contributed by atoms with van der Waals surface area (Å²) in [5.74, 6) is -0.665. The molecular weight excluding hydrogens is 368 g/mol. The lowest BCUT2D eigenvalue weighted by Gasteiger charge is -2.06. The van der Waals surface area contributed by atoms with E-state index < -0.39 is 0 Å². The third-order valence-electron chi connectivity index (χ3n) is 4.97. The maximum Gasteiger partial charge on any atom is 0.240 e. The van der Waals surface area contributed by atoms with Gasteiger partial charge in [-0.15, -0.1) is 0 Å². The lowest BCUT2D eigenvalue weighted by atomic mass is 10.1. The van der Waals surface area contributed by atoms with E-state index >= 15 is 0 Å². The zero-order chi connectivity index (χ0) is 20.4. The van der Waals surface area contributed by atoms with Crippen molar-refractivity contribution in [2.45, 2.75) is 6.54 Å². The molecule has 0 unspecified atom stereocenters. The first-order chi connectivity index (χ1) is 14.1. The first-order valence-electron chi connectivity index (χ1n) is 9.34. The Bertz CT molecular complexity index is 1120. The molecule has 1 aliphatic rings. The molecule has 2 aromatic carbocycles. The second-order valence-corrected chi connectivity index (χ2v) is 6.83. The van der Waals surface area contributed by atoms with Gasteiger partial charge in [0.15, 0.2) is 11.6 Å². The fourth-order valence-corrected chi connectivity index (χ4v) is 3.58. The zero-order valence-corrected chi connectivity index (χ0v) is 16.0. The molecule has 0 spiro atoms. The van der Waals surface area contributed by atoms with Crippen LogP contribution in [0, 0.1) is 0 Å². The molecule has 0 fully saturated rings. The molecule has 3 aromatic rings. The van der Waals surface area contributed by atoms with Crippen LogP contribution in [0.3, 0.4) is 0 Å². The van der Waals surface area contributed by atoms with E-state index in [0.29, 0.717) is 24.3 Å². The van der Waals surface area contributed by atoms with Gasteiger partial charge in [0.1, 0.15) is 6.54 Å². The lowest BCUT2D eigenvalue weighted by molar-refractivity contribution is -0.121. The highest BCUT2D eigenvalue weighted by molar-refractivity contribution is 6.41. The molecule has 0 aliphatic heterocycles. The summed E-state index contributed by atoms with van der Waals surface area (Å²) in [6.07, 6.45) is 3.43. The number of ether oxygens (including phenoxy) is 1. The molecule has 0 atom stereocenters. The number of benzene rings is 2. The molecule has 1 amide bonds. The number of amides is 1. The van der Waals surface area contributed by atoms with Gasteiger partial charge in [-0.2, -0.15) is 0 Å². The predicted octanol–water partition coefficient (Wildman–Crippen LogP) is 2.87. The normalized spacial score (nSPS) is 13.1. The van der Waals surface area contributed by atoms with Crippen LogP contribution in [0.5, 0.6) is 0 Å². The Morgan fingerprint density at radius 2 is 1.69 bits per heavy atom. The highest BCUT2D eigenvalue weighted by Crippen LogP contribution is 2.30. The summed E-state index contributed by atoms with van der Waals surface area (Å²) in [7, 11) is 1.58. The summed E-state index contributed by atoms with van der Waals surface area (Å²) in [4.78, 5) is 37.6. The largest absolute Gasteiger partial charge is 0.383 e. The van der Waals surface area contributed by atoms with Crippen molar-refractivity contribution < 1.29 is 19.1 Å². The molecule has 1 heterocycles. The fraction of sp³-hybridized carbons (Fsp3) is 0.174. The summed E-state index contributed by atoms with van der Waals surface area (Å²) in [6, 6.07) is 14.4. The Hall–Kier alpha value is -3.51. The molecular formula is C23H20N2O4. The number of hydrogen-bond acceptors (Lipinski definition) is 4. The van der Waals surface area contributed by atoms with Gasteiger partial charge in [0.2, 0.25) is 5.91 Å². The van der Waals surface area contributed by atoms with Crippen molar-refractivity contribution in [1.29, 1.82) is 0 Å². The van der Waals surface area contributed by atoms with Crippen LogP contribution in [0.25, 0.3) is 17.0 Å². The highest BCUT2D eigenvalue weighted by Gasteiger charge is 2.32. The van der Waals surface area contributed by atoms with Gasteiger partial charge in [-0.1, -0.05) is 42.5 Å². The van der Waals surface area contributed by atoms with Crippen LogP contribution >= 0.6 is 0 Å². The van der Waals surface area contributed by atoms with Gasteiger partial charge in [-0.3, -0.25) is 14.4 Å². The van der Waals surface area contributed by atoms with Crippen LogP contribution in [0.15, 0.2) is 60.3 Å². The first kappa shape index (κ1) is 18.8. The fourth-order valence-electron chi connectivity index (χ4n) is 3.58. The van der Waals surface area contributed by atoms with E-state index in [0.717, 1.165) is 16.5 Å². The Morgan fingerprint density at radius 1 is 1.03 bits per heavy atom. The Kier molecular flexibility index (Phi) is 5.10. The molecule has 0 saturated carbocycles. The van der Waals surface area contributed by atoms with Crippen LogP contribution in [-0.2, 0) is 16.1 Å². The number of aromatic nitrogens is 1. The van der Waals surface area contributed by atoms with Crippen molar-refractivity contribution in [2.24, 2.45) is 0 Å². The number of carbonyl (C=O) groups excluding carboxylic acids is 3. The van der Waals surface area contributed by atoms with Crippen LogP contribution in [-0.4, -0.2) is 42.3 Å². The number of hydrogen-bond donors (Lipinski definition) is 1. The van der Waals surface area contributed by atoms with Gasteiger partial charge in [-0.05, 0) is 12.1 Å². The third-order valence-corrected chi connectivity index (χ3v) is 4.97. The van der Waals surface area contributed by atoms with Gasteiger partial charge in [0.05, 0.1) is 12.2 Å². The third kappa shape index (κ3) is 3.50. The van der Waals surface area contributed by atoms with E-state index in [2.05, 4.69) is 5.32 Å². The predicted molar refractivity (Wildman–Crippen MR) is 110 cm³/mol. The summed E-state index contributed by atoms with van der Waals surface area (Å²) >= 11 is 0. The van der Waals surface area contributed by atoms with Crippen molar-refractivity contribution in [2.75, 3.05) is 20.3 Å². The summed E-state index contributed by atoms with van der Waals surface area (Å²) in [6.45, 7) is 1.02. The Morgan fingerprint density at radius 3 is 2.38 bits per heavy atom. The average molecular weight is 388 g/mol. The minimum atomic E-state index is -0.264. The van der Waals surface area contributed by atoms with E-state index in [1.54, 1.807) is 43.6 Å². The average Bonchev–Trinajstić information content (AvgIpc) is 3.19. The van der Waals surface area contributed by atoms with E-state index in [9.17, 15) is 14.4 Å². The van der Waals surface area contributed by atoms with Crippen LogP contribution < -0.4 is 5.32 Å². The smallest absolute Gasteiger partial charge is 0.240 e. The molecule has 0 radical (unpaired) electrons. The number of nitrogens with zero attached hydrogens (tertiary/aromatic N) is 1. The number of allylic oxidation sites excluding steroid dienone is 1. The van der Waals surface area contributed by atoms with E-state index in [1.165, 1.54) is 0 Å². The van der Waals surface area contributed by atoms with Crippen LogP contribution in [0.1, 0.15) is 26.3 Å². The molecule has 146 valence electrons. The molecule has 1 aromatic heterocycles. The molecule has 0 bridgehead atoms. The molecule has 6 nitrogen and oxygen atoms in total. The monoisotopic (exact) mass is 388 g/mol. The summed E-state index contributed by atoms with van der Waals surface area (Å²) in [5.41, 5.74) is 2.61. The molecule has 1 aliphatic carbocycles. The molecule has 6 heteroatoms. The minimum Gasteiger partial charge on any atom is -0.383 e. The number of Topliss-reactive ketones (excluding diaryl/α,β-unsaturated/α-hetero) is 2. The minimum absolute atomic E-state index is 0.134. The molecule has 0 saturated heterocycles. The molecule has 4 rings (SSSR count). The van der Waals surface area contributed by atoms with E-state index in [1.807, 2.05) is 28.8 Å². The number of ketones is 2. The summed E-state index contributed by atoms with van der Waals surface area (Å²) < 4.78 is 6.77. The maximum absolute atomic E-state index is 12.7. The van der Waals surface area contributed by atoms with Crippen LogP contribution in [0.4, 0.5) is 0 Å². The van der Waals surface area contributed by atoms with Gasteiger partial charge >= 0.3 is 0 Å². The van der Waals surface area contributed by atoms with E-state index in [4.69, 9.17) is 4.74 Å². The number of methoxy groups -OCH3 is 1. The van der Waals surface area contributed by atoms with Gasteiger partial charge in [0, 0.05) is 47.4 Å².